The van der Waals surface area contributed by atoms with Gasteiger partial charge in [0.1, 0.15) is 0 Å². The van der Waals surface area contributed by atoms with Crippen molar-refractivity contribution in [3.63, 3.8) is 0 Å². The van der Waals surface area contributed by atoms with E-state index in [1.54, 1.807) is 0 Å². The molecule has 1 fully saturated rings. The first-order chi connectivity index (χ1) is 10.1. The minimum Gasteiger partial charge on any atom is -0.322 e. The number of nitrogens with zero attached hydrogens (tertiary/aromatic N) is 2. The number of carbonyl (C=O) groups is 1. The molecule has 21 heavy (non-hydrogen) atoms. The van der Waals surface area contributed by atoms with E-state index in [1.165, 1.54) is 18.4 Å². The highest BCUT2D eigenvalue weighted by Crippen LogP contribution is 2.17. The van der Waals surface area contributed by atoms with Gasteiger partial charge in [0, 0.05) is 31.9 Å². The zero-order valence-corrected chi connectivity index (χ0v) is 13.5. The normalized spacial score (nSPS) is 16.0. The molecular formula is C17H27N3O. The van der Waals surface area contributed by atoms with Crippen LogP contribution in [-0.2, 0) is 0 Å². The van der Waals surface area contributed by atoms with Crippen molar-refractivity contribution < 1.29 is 4.79 Å². The van der Waals surface area contributed by atoms with Crippen LogP contribution >= 0.6 is 0 Å². The van der Waals surface area contributed by atoms with Gasteiger partial charge in [0.25, 0.3) is 0 Å². The number of nitrogens with one attached hydrogen (secondary N) is 1. The van der Waals surface area contributed by atoms with Gasteiger partial charge < -0.3 is 10.2 Å². The summed E-state index contributed by atoms with van der Waals surface area (Å²) in [7, 11) is 0. The Bertz CT molecular complexity index is 479. The van der Waals surface area contributed by atoms with Crippen molar-refractivity contribution in [2.75, 3.05) is 38.0 Å². The summed E-state index contributed by atoms with van der Waals surface area (Å²) >= 11 is 0. The number of hydrogen-bond donors (Lipinski definition) is 1. The van der Waals surface area contributed by atoms with E-state index in [-0.39, 0.29) is 6.03 Å². The van der Waals surface area contributed by atoms with E-state index in [2.05, 4.69) is 23.2 Å². The number of benzene rings is 1. The first-order valence-electron chi connectivity index (χ1n) is 7.95. The molecule has 0 aliphatic carbocycles. The number of aryl methyl sites for hydroxylation is 2. The lowest BCUT2D eigenvalue weighted by Crippen LogP contribution is -2.50. The van der Waals surface area contributed by atoms with Crippen molar-refractivity contribution in [2.45, 2.75) is 33.6 Å². The summed E-state index contributed by atoms with van der Waals surface area (Å²) in [4.78, 5) is 16.7. The molecule has 116 valence electrons. The Balaban J connectivity index is 1.86. The minimum absolute atomic E-state index is 0.0267. The Hall–Kier alpha value is -1.55. The number of urea groups is 1. The van der Waals surface area contributed by atoms with Crippen LogP contribution in [0.25, 0.3) is 0 Å². The van der Waals surface area contributed by atoms with Crippen LogP contribution in [0, 0.1) is 13.8 Å². The Morgan fingerprint density at radius 2 is 1.90 bits per heavy atom. The van der Waals surface area contributed by atoms with Gasteiger partial charge in [-0.3, -0.25) is 4.90 Å². The average molecular weight is 289 g/mol. The fraction of sp³-hybridized carbons (Fsp3) is 0.588. The number of anilines is 1. The standard InChI is InChI=1S/C17H27N3O/c1-4-5-8-19-9-11-20(12-10-19)17(21)18-16-13-14(2)6-7-15(16)3/h6-7,13H,4-5,8-12H2,1-3H3,(H,18,21). The number of amides is 2. The van der Waals surface area contributed by atoms with E-state index in [1.807, 2.05) is 30.9 Å². The monoisotopic (exact) mass is 289 g/mol. The fourth-order valence-corrected chi connectivity index (χ4v) is 2.62. The highest BCUT2D eigenvalue weighted by atomic mass is 16.2. The largest absolute Gasteiger partial charge is 0.322 e. The molecule has 2 amide bonds. The Morgan fingerprint density at radius 3 is 2.57 bits per heavy atom. The zero-order chi connectivity index (χ0) is 15.2. The molecule has 0 radical (unpaired) electrons. The van der Waals surface area contributed by atoms with Crippen LogP contribution in [0.4, 0.5) is 10.5 Å². The first kappa shape index (κ1) is 15.8. The molecule has 2 rings (SSSR count). The average Bonchev–Trinajstić information content (AvgIpc) is 2.49. The van der Waals surface area contributed by atoms with Crippen molar-refractivity contribution in [1.29, 1.82) is 0 Å². The molecule has 1 aromatic rings. The van der Waals surface area contributed by atoms with E-state index in [9.17, 15) is 4.79 Å². The maximum Gasteiger partial charge on any atom is 0.321 e. The van der Waals surface area contributed by atoms with E-state index < -0.39 is 0 Å². The lowest BCUT2D eigenvalue weighted by Gasteiger charge is -2.34. The lowest BCUT2D eigenvalue weighted by molar-refractivity contribution is 0.146. The van der Waals surface area contributed by atoms with Crippen molar-refractivity contribution in [2.24, 2.45) is 0 Å². The van der Waals surface area contributed by atoms with Crippen LogP contribution < -0.4 is 5.32 Å². The molecule has 4 nitrogen and oxygen atoms in total. The van der Waals surface area contributed by atoms with Crippen molar-refractivity contribution in [3.05, 3.63) is 29.3 Å². The lowest BCUT2D eigenvalue weighted by atomic mass is 10.1. The number of carbonyl (C=O) groups excluding carboxylic acids is 1. The van der Waals surface area contributed by atoms with Gasteiger partial charge in [-0.1, -0.05) is 25.5 Å². The highest BCUT2D eigenvalue weighted by molar-refractivity contribution is 5.90. The molecule has 0 spiro atoms. The molecule has 1 aliphatic heterocycles. The second-order valence-electron chi connectivity index (χ2n) is 5.93. The van der Waals surface area contributed by atoms with E-state index in [0.717, 1.165) is 44.0 Å². The molecule has 4 heteroatoms. The quantitative estimate of drug-likeness (QED) is 0.923. The Morgan fingerprint density at radius 1 is 1.19 bits per heavy atom. The van der Waals surface area contributed by atoms with E-state index >= 15 is 0 Å². The topological polar surface area (TPSA) is 35.6 Å². The van der Waals surface area contributed by atoms with Crippen LogP contribution in [-0.4, -0.2) is 48.6 Å². The summed E-state index contributed by atoms with van der Waals surface area (Å²) in [6.45, 7) is 11.1. The van der Waals surface area contributed by atoms with Gasteiger partial charge in [-0.15, -0.1) is 0 Å². The third-order valence-corrected chi connectivity index (χ3v) is 4.12. The fourth-order valence-electron chi connectivity index (χ4n) is 2.62. The summed E-state index contributed by atoms with van der Waals surface area (Å²) < 4.78 is 0. The zero-order valence-electron chi connectivity index (χ0n) is 13.5. The van der Waals surface area contributed by atoms with Crippen LogP contribution in [0.1, 0.15) is 30.9 Å². The predicted molar refractivity (Wildman–Crippen MR) is 87.9 cm³/mol. The summed E-state index contributed by atoms with van der Waals surface area (Å²) in [6, 6.07) is 6.18. The van der Waals surface area contributed by atoms with E-state index in [4.69, 9.17) is 0 Å². The predicted octanol–water partition coefficient (Wildman–Crippen LogP) is 3.25. The third kappa shape index (κ3) is 4.46. The van der Waals surface area contributed by atoms with Gasteiger partial charge in [-0.05, 0) is 44.0 Å². The molecular weight excluding hydrogens is 262 g/mol. The van der Waals surface area contributed by atoms with Crippen LogP contribution in [0.3, 0.4) is 0 Å². The summed E-state index contributed by atoms with van der Waals surface area (Å²) in [5.41, 5.74) is 3.20. The van der Waals surface area contributed by atoms with Gasteiger partial charge in [-0.2, -0.15) is 0 Å². The van der Waals surface area contributed by atoms with Gasteiger partial charge in [0.15, 0.2) is 0 Å². The maximum atomic E-state index is 12.3. The third-order valence-electron chi connectivity index (χ3n) is 4.12. The van der Waals surface area contributed by atoms with Crippen molar-refractivity contribution >= 4 is 11.7 Å². The van der Waals surface area contributed by atoms with Crippen molar-refractivity contribution in [1.82, 2.24) is 9.80 Å². The summed E-state index contributed by atoms with van der Waals surface area (Å²) in [5, 5.41) is 3.05. The maximum absolute atomic E-state index is 12.3. The number of rotatable bonds is 4. The van der Waals surface area contributed by atoms with Gasteiger partial charge in [-0.25, -0.2) is 4.79 Å². The number of hydrogen-bond acceptors (Lipinski definition) is 2. The molecule has 1 aromatic carbocycles. The van der Waals surface area contributed by atoms with Gasteiger partial charge >= 0.3 is 6.03 Å². The Labute approximate surface area is 128 Å². The van der Waals surface area contributed by atoms with Gasteiger partial charge in [0.05, 0.1) is 0 Å². The first-order valence-corrected chi connectivity index (χ1v) is 7.95. The highest BCUT2D eigenvalue weighted by Gasteiger charge is 2.20. The second kappa shape index (κ2) is 7.46. The van der Waals surface area contributed by atoms with Crippen LogP contribution in [0.15, 0.2) is 18.2 Å². The van der Waals surface area contributed by atoms with Gasteiger partial charge in [0.2, 0.25) is 0 Å². The molecule has 0 saturated carbocycles. The molecule has 0 aromatic heterocycles. The smallest absolute Gasteiger partial charge is 0.321 e. The minimum atomic E-state index is 0.0267. The summed E-state index contributed by atoms with van der Waals surface area (Å²) in [6.07, 6.45) is 2.47. The molecule has 1 saturated heterocycles. The molecule has 0 unspecified atom stereocenters. The second-order valence-corrected chi connectivity index (χ2v) is 5.93. The van der Waals surface area contributed by atoms with Crippen LogP contribution in [0.2, 0.25) is 0 Å². The molecule has 1 N–H and O–H groups in total. The molecule has 0 bridgehead atoms. The SMILES string of the molecule is CCCCN1CCN(C(=O)Nc2cc(C)ccc2C)CC1. The Kier molecular flexibility index (Phi) is 5.62. The molecule has 0 atom stereocenters. The number of unbranched alkanes of at least 4 members (excludes halogenated alkanes) is 1. The van der Waals surface area contributed by atoms with Crippen molar-refractivity contribution in [3.8, 4) is 0 Å². The van der Waals surface area contributed by atoms with Crippen LogP contribution in [0.5, 0.6) is 0 Å². The number of piperazine rings is 1. The summed E-state index contributed by atoms with van der Waals surface area (Å²) in [5.74, 6) is 0. The molecule has 1 heterocycles. The molecule has 1 aliphatic rings. The van der Waals surface area contributed by atoms with E-state index in [0.29, 0.717) is 0 Å².